The van der Waals surface area contributed by atoms with Crippen LogP contribution in [-0.4, -0.2) is 20.5 Å². The van der Waals surface area contributed by atoms with Crippen molar-refractivity contribution in [2.75, 3.05) is 0 Å². The normalized spacial score (nSPS) is 12.0. The number of hydrogen-bond donors (Lipinski definition) is 1. The summed E-state index contributed by atoms with van der Waals surface area (Å²) in [5.74, 6) is -1.03. The van der Waals surface area contributed by atoms with Gasteiger partial charge in [0.1, 0.15) is 5.02 Å². The molecule has 0 aliphatic carbocycles. The first-order chi connectivity index (χ1) is 10.3. The highest BCUT2D eigenvalue weighted by molar-refractivity contribution is 7.13. The van der Waals surface area contributed by atoms with E-state index < -0.39 is 23.5 Å². The smallest absolute Gasteiger partial charge is 0.364 e. The summed E-state index contributed by atoms with van der Waals surface area (Å²) in [6.07, 6.45) is -4.70. The molecule has 10 heteroatoms. The zero-order chi connectivity index (χ0) is 16.1. The van der Waals surface area contributed by atoms with Gasteiger partial charge < -0.3 is 5.73 Å². The van der Waals surface area contributed by atoms with Crippen molar-refractivity contribution in [3.05, 3.63) is 40.0 Å². The van der Waals surface area contributed by atoms with Crippen LogP contribution in [0.15, 0.2) is 23.6 Å². The highest BCUT2D eigenvalue weighted by atomic mass is 35.5. The quantitative estimate of drug-likeness (QED) is 0.774. The second kappa shape index (κ2) is 4.96. The molecule has 0 aromatic carbocycles. The van der Waals surface area contributed by atoms with Crippen LogP contribution in [0.25, 0.3) is 16.2 Å². The highest BCUT2D eigenvalue weighted by Crippen LogP contribution is 2.35. The molecule has 0 unspecified atom stereocenters. The molecule has 0 aliphatic heterocycles. The first-order valence-electron chi connectivity index (χ1n) is 5.79. The number of nitrogens with two attached hydrogens (primary N) is 1. The van der Waals surface area contributed by atoms with Crippen molar-refractivity contribution >= 4 is 34.5 Å². The van der Waals surface area contributed by atoms with E-state index in [-0.39, 0.29) is 16.4 Å². The molecule has 0 atom stereocenters. The Kier molecular flexibility index (Phi) is 3.33. The lowest BCUT2D eigenvalue weighted by Gasteiger charge is -2.10. The Hall–Kier alpha value is -2.13. The van der Waals surface area contributed by atoms with Crippen LogP contribution in [0, 0.1) is 0 Å². The van der Waals surface area contributed by atoms with Crippen LogP contribution in [0.1, 0.15) is 16.2 Å². The van der Waals surface area contributed by atoms with E-state index in [4.69, 9.17) is 17.3 Å². The molecule has 3 aromatic rings. The maximum Gasteiger partial charge on any atom is 0.433 e. The monoisotopic (exact) mass is 346 g/mol. The fraction of sp³-hybridized carbons (Fsp3) is 0.0833. The van der Waals surface area contributed by atoms with E-state index in [0.717, 1.165) is 6.07 Å². The van der Waals surface area contributed by atoms with Gasteiger partial charge in [-0.15, -0.1) is 11.3 Å². The SMILES string of the molecule is NC(=O)c1nn2c(C(F)(F)F)cc(-c3cccs3)nc2c1Cl. The molecule has 0 radical (unpaired) electrons. The number of primary amides is 1. The summed E-state index contributed by atoms with van der Waals surface area (Å²) in [6, 6.07) is 4.17. The summed E-state index contributed by atoms with van der Waals surface area (Å²) in [7, 11) is 0. The zero-order valence-corrected chi connectivity index (χ0v) is 12.1. The van der Waals surface area contributed by atoms with Crippen LogP contribution in [-0.2, 0) is 6.18 Å². The summed E-state index contributed by atoms with van der Waals surface area (Å²) < 4.78 is 40.2. The van der Waals surface area contributed by atoms with Gasteiger partial charge in [0, 0.05) is 0 Å². The van der Waals surface area contributed by atoms with Crippen molar-refractivity contribution in [2.24, 2.45) is 5.73 Å². The predicted octanol–water partition coefficient (Wildman–Crippen LogP) is 3.23. The maximum absolute atomic E-state index is 13.2. The molecule has 22 heavy (non-hydrogen) atoms. The molecule has 3 heterocycles. The second-order valence-electron chi connectivity index (χ2n) is 4.26. The van der Waals surface area contributed by atoms with Crippen molar-refractivity contribution in [3.8, 4) is 10.6 Å². The average Bonchev–Trinajstić information content (AvgIpc) is 3.05. The Balaban J connectivity index is 2.39. The van der Waals surface area contributed by atoms with E-state index in [2.05, 4.69) is 10.1 Å². The number of nitrogens with zero attached hydrogens (tertiary/aromatic N) is 3. The molecule has 2 N–H and O–H groups in total. The number of aromatic nitrogens is 3. The van der Waals surface area contributed by atoms with Gasteiger partial charge >= 0.3 is 6.18 Å². The molecular weight excluding hydrogens is 341 g/mol. The molecule has 0 spiro atoms. The van der Waals surface area contributed by atoms with Gasteiger partial charge in [0.2, 0.25) is 0 Å². The van der Waals surface area contributed by atoms with Gasteiger partial charge in [-0.2, -0.15) is 18.3 Å². The minimum absolute atomic E-state index is 0.0904. The average molecular weight is 347 g/mol. The van der Waals surface area contributed by atoms with Crippen molar-refractivity contribution in [1.82, 2.24) is 14.6 Å². The van der Waals surface area contributed by atoms with Crippen LogP contribution in [0.4, 0.5) is 13.2 Å². The van der Waals surface area contributed by atoms with Crippen LogP contribution < -0.4 is 5.73 Å². The molecule has 3 aromatic heterocycles. The van der Waals surface area contributed by atoms with Gasteiger partial charge in [0.25, 0.3) is 5.91 Å². The number of fused-ring (bicyclic) bond motifs is 1. The number of rotatable bonds is 2. The number of halogens is 4. The second-order valence-corrected chi connectivity index (χ2v) is 5.59. The highest BCUT2D eigenvalue weighted by Gasteiger charge is 2.36. The third-order valence-corrected chi connectivity index (χ3v) is 4.07. The Morgan fingerprint density at radius 2 is 2.14 bits per heavy atom. The Morgan fingerprint density at radius 3 is 2.68 bits per heavy atom. The fourth-order valence-corrected chi connectivity index (χ4v) is 2.84. The van der Waals surface area contributed by atoms with E-state index in [1.807, 2.05) is 0 Å². The summed E-state index contributed by atoms with van der Waals surface area (Å²) in [6.45, 7) is 0. The van der Waals surface area contributed by atoms with Gasteiger partial charge in [0.15, 0.2) is 17.0 Å². The Bertz CT molecular complexity index is 873. The van der Waals surface area contributed by atoms with E-state index in [1.54, 1.807) is 17.5 Å². The van der Waals surface area contributed by atoms with E-state index in [9.17, 15) is 18.0 Å². The lowest BCUT2D eigenvalue weighted by atomic mass is 10.2. The molecule has 5 nitrogen and oxygen atoms in total. The van der Waals surface area contributed by atoms with Crippen molar-refractivity contribution < 1.29 is 18.0 Å². The molecular formula is C12H6ClF3N4OS. The van der Waals surface area contributed by atoms with Gasteiger partial charge in [-0.05, 0) is 17.5 Å². The first-order valence-corrected chi connectivity index (χ1v) is 7.05. The molecule has 0 saturated heterocycles. The van der Waals surface area contributed by atoms with Crippen LogP contribution in [0.5, 0.6) is 0 Å². The van der Waals surface area contributed by atoms with Crippen molar-refractivity contribution in [2.45, 2.75) is 6.18 Å². The molecule has 0 bridgehead atoms. The van der Waals surface area contributed by atoms with Gasteiger partial charge in [-0.25, -0.2) is 9.50 Å². The van der Waals surface area contributed by atoms with Crippen molar-refractivity contribution in [3.63, 3.8) is 0 Å². The molecule has 3 rings (SSSR count). The van der Waals surface area contributed by atoms with Crippen LogP contribution >= 0.6 is 22.9 Å². The minimum atomic E-state index is -4.70. The van der Waals surface area contributed by atoms with E-state index >= 15 is 0 Å². The lowest BCUT2D eigenvalue weighted by molar-refractivity contribution is -0.142. The van der Waals surface area contributed by atoms with Crippen molar-refractivity contribution in [1.29, 1.82) is 0 Å². The maximum atomic E-state index is 13.2. The molecule has 0 saturated carbocycles. The molecule has 1 amide bonds. The minimum Gasteiger partial charge on any atom is -0.364 e. The van der Waals surface area contributed by atoms with Crippen LogP contribution in [0.2, 0.25) is 5.02 Å². The lowest BCUT2D eigenvalue weighted by Crippen LogP contribution is -2.15. The number of amides is 1. The summed E-state index contributed by atoms with van der Waals surface area (Å²) in [5.41, 5.74) is 3.34. The van der Waals surface area contributed by atoms with Gasteiger partial charge in [-0.1, -0.05) is 17.7 Å². The van der Waals surface area contributed by atoms with E-state index in [0.29, 0.717) is 9.39 Å². The summed E-state index contributed by atoms with van der Waals surface area (Å²) in [5, 5.41) is 4.93. The number of thiophene rings is 1. The Labute approximate surface area is 130 Å². The molecule has 0 aliphatic rings. The zero-order valence-electron chi connectivity index (χ0n) is 10.6. The number of carbonyl (C=O) groups is 1. The predicted molar refractivity (Wildman–Crippen MR) is 74.8 cm³/mol. The standard InChI is InChI=1S/C12H6ClF3N4OS/c13-8-9(10(17)21)19-20-7(12(14,15)16)4-5(18-11(8)20)6-2-1-3-22-6/h1-4H,(H2,17,21). The first kappa shape index (κ1) is 14.8. The molecule has 114 valence electrons. The number of hydrogen-bond acceptors (Lipinski definition) is 4. The van der Waals surface area contributed by atoms with E-state index in [1.165, 1.54) is 11.3 Å². The third-order valence-electron chi connectivity index (χ3n) is 2.83. The van der Waals surface area contributed by atoms with Crippen LogP contribution in [0.3, 0.4) is 0 Å². The third kappa shape index (κ3) is 2.32. The fourth-order valence-electron chi connectivity index (χ4n) is 1.90. The van der Waals surface area contributed by atoms with Gasteiger partial charge in [-0.3, -0.25) is 4.79 Å². The number of alkyl halides is 3. The van der Waals surface area contributed by atoms with Gasteiger partial charge in [0.05, 0.1) is 10.6 Å². The topological polar surface area (TPSA) is 73.3 Å². The molecule has 0 fully saturated rings. The number of carbonyl (C=O) groups excluding carboxylic acids is 1. The summed E-state index contributed by atoms with van der Waals surface area (Å²) in [4.78, 5) is 15.8. The largest absolute Gasteiger partial charge is 0.433 e. The summed E-state index contributed by atoms with van der Waals surface area (Å²) >= 11 is 7.13. The Morgan fingerprint density at radius 1 is 1.41 bits per heavy atom.